The van der Waals surface area contributed by atoms with E-state index in [2.05, 4.69) is 5.10 Å². The van der Waals surface area contributed by atoms with Crippen LogP contribution in [0.15, 0.2) is 117 Å². The number of hydrogen-bond donors (Lipinski definition) is 0. The van der Waals surface area contributed by atoms with E-state index < -0.39 is 5.63 Å². The van der Waals surface area contributed by atoms with Gasteiger partial charge in [0.15, 0.2) is 0 Å². The normalized spacial score (nSPS) is 14.6. The maximum Gasteiger partial charge on any atom is 0.345 e. The largest absolute Gasteiger partial charge is 0.422 e. The second-order valence-electron chi connectivity index (χ2n) is 8.39. The number of amides is 1. The Kier molecular flexibility index (Phi) is 5.15. The molecule has 7 nitrogen and oxygen atoms in total. The van der Waals surface area contributed by atoms with Crippen molar-refractivity contribution in [2.45, 2.75) is 6.92 Å². The number of carbonyl (C=O) groups is 1. The molecule has 174 valence electrons. The Labute approximate surface area is 206 Å². The summed E-state index contributed by atoms with van der Waals surface area (Å²) in [5.41, 5.74) is 3.85. The molecule has 0 radical (unpaired) electrons. The maximum absolute atomic E-state index is 13.3. The number of hydrazone groups is 1. The number of para-hydroxylation sites is 3. The molecule has 1 aliphatic rings. The minimum absolute atomic E-state index is 0.248. The van der Waals surface area contributed by atoms with E-state index in [1.54, 1.807) is 36.0 Å². The third-order valence-electron chi connectivity index (χ3n) is 6.02. The molecule has 1 amide bonds. The number of fused-ring (bicyclic) bond motifs is 1. The Morgan fingerprint density at radius 3 is 2.25 bits per heavy atom. The van der Waals surface area contributed by atoms with E-state index in [0.29, 0.717) is 39.4 Å². The van der Waals surface area contributed by atoms with Crippen molar-refractivity contribution in [2.75, 3.05) is 5.01 Å². The molecule has 0 atom stereocenters. The van der Waals surface area contributed by atoms with E-state index in [9.17, 15) is 9.59 Å². The molecule has 7 heteroatoms. The zero-order valence-electron chi connectivity index (χ0n) is 19.3. The average molecular weight is 473 g/mol. The lowest BCUT2D eigenvalue weighted by Crippen LogP contribution is -2.21. The van der Waals surface area contributed by atoms with E-state index in [1.165, 1.54) is 5.01 Å². The molecule has 0 N–H and O–H groups in total. The summed E-state index contributed by atoms with van der Waals surface area (Å²) in [5.74, 6) is -0.248. The monoisotopic (exact) mass is 472 g/mol. The van der Waals surface area contributed by atoms with Crippen molar-refractivity contribution < 1.29 is 9.21 Å². The number of nitrogens with zero attached hydrogens (tertiary/aromatic N) is 4. The number of anilines is 1. The first-order chi connectivity index (χ1) is 17.6. The van der Waals surface area contributed by atoms with Crippen molar-refractivity contribution in [1.29, 1.82) is 0 Å². The molecule has 0 saturated heterocycles. The van der Waals surface area contributed by atoms with Crippen LogP contribution in [0.2, 0.25) is 0 Å². The van der Waals surface area contributed by atoms with Crippen LogP contribution < -0.4 is 10.6 Å². The van der Waals surface area contributed by atoms with E-state index in [1.807, 2.05) is 78.9 Å². The van der Waals surface area contributed by atoms with Gasteiger partial charge in [-0.15, -0.1) is 0 Å². The lowest BCUT2D eigenvalue weighted by atomic mass is 10.0. The first-order valence-electron chi connectivity index (χ1n) is 11.4. The Balaban J connectivity index is 1.51. The smallest absolute Gasteiger partial charge is 0.345 e. The van der Waals surface area contributed by atoms with Crippen LogP contribution in [0, 0.1) is 0 Å². The maximum atomic E-state index is 13.3. The number of aromatic nitrogens is 2. The number of benzene rings is 3. The molecule has 0 saturated carbocycles. The Morgan fingerprint density at radius 1 is 0.833 bits per heavy atom. The van der Waals surface area contributed by atoms with Gasteiger partial charge in [-0.2, -0.15) is 15.2 Å². The van der Waals surface area contributed by atoms with Gasteiger partial charge >= 0.3 is 5.63 Å². The van der Waals surface area contributed by atoms with Gasteiger partial charge in [0.1, 0.15) is 11.3 Å². The van der Waals surface area contributed by atoms with Crippen molar-refractivity contribution >= 4 is 34.4 Å². The van der Waals surface area contributed by atoms with Gasteiger partial charge < -0.3 is 4.42 Å². The minimum atomic E-state index is -0.499. The van der Waals surface area contributed by atoms with Gasteiger partial charge in [-0.3, -0.25) is 4.79 Å². The molecule has 2 aromatic heterocycles. The Hall–Kier alpha value is -5.04. The van der Waals surface area contributed by atoms with Crippen molar-refractivity contribution in [3.63, 3.8) is 0 Å². The molecule has 0 bridgehead atoms. The summed E-state index contributed by atoms with van der Waals surface area (Å²) < 4.78 is 7.27. The summed E-state index contributed by atoms with van der Waals surface area (Å²) in [4.78, 5) is 26.3. The zero-order valence-corrected chi connectivity index (χ0v) is 19.3. The minimum Gasteiger partial charge on any atom is -0.422 e. The zero-order chi connectivity index (χ0) is 24.6. The lowest BCUT2D eigenvalue weighted by Gasteiger charge is -2.11. The van der Waals surface area contributed by atoms with Crippen LogP contribution in [0.1, 0.15) is 12.5 Å². The summed E-state index contributed by atoms with van der Waals surface area (Å²) in [5, 5.41) is 11.4. The van der Waals surface area contributed by atoms with Gasteiger partial charge in [-0.05, 0) is 49.4 Å². The molecular weight excluding hydrogens is 452 g/mol. The van der Waals surface area contributed by atoms with Crippen LogP contribution in [0.5, 0.6) is 0 Å². The number of carbonyl (C=O) groups excluding carboxylic acids is 1. The fourth-order valence-corrected chi connectivity index (χ4v) is 4.23. The Bertz CT molecular complexity index is 1730. The van der Waals surface area contributed by atoms with E-state index in [-0.39, 0.29) is 5.91 Å². The highest BCUT2D eigenvalue weighted by Crippen LogP contribution is 2.29. The second kappa shape index (κ2) is 8.63. The van der Waals surface area contributed by atoms with Crippen LogP contribution >= 0.6 is 0 Å². The molecule has 0 spiro atoms. The molecule has 5 aromatic rings. The quantitative estimate of drug-likeness (QED) is 0.257. The van der Waals surface area contributed by atoms with Crippen LogP contribution in [-0.4, -0.2) is 21.4 Å². The van der Waals surface area contributed by atoms with Gasteiger partial charge in [0, 0.05) is 17.1 Å². The number of rotatable bonds is 4. The SMILES string of the molecule is CC1=NN(c2ccccc2)C(=O)/C1=C/c1cn(-c2ccccc2)nc1-c1cc2ccccc2oc1=O. The van der Waals surface area contributed by atoms with E-state index in [4.69, 9.17) is 9.52 Å². The first kappa shape index (κ1) is 21.5. The summed E-state index contributed by atoms with van der Waals surface area (Å²) in [7, 11) is 0. The summed E-state index contributed by atoms with van der Waals surface area (Å²) in [6, 6.07) is 27.9. The van der Waals surface area contributed by atoms with Crippen LogP contribution in [-0.2, 0) is 4.79 Å². The van der Waals surface area contributed by atoms with Gasteiger partial charge in [-0.1, -0.05) is 54.6 Å². The Morgan fingerprint density at radius 2 is 1.50 bits per heavy atom. The standard InChI is InChI=1S/C29H20N4O3/c1-19-24(28(34)33(30-19)23-13-6-3-7-14-23)17-21-18-32(22-11-4-2-5-12-22)31-27(21)25-16-20-10-8-9-15-26(20)36-29(25)35/h2-18H,1H3/b24-17+. The number of hydrogen-bond acceptors (Lipinski definition) is 5. The first-order valence-corrected chi connectivity index (χ1v) is 11.4. The third kappa shape index (κ3) is 3.73. The van der Waals surface area contributed by atoms with Crippen molar-refractivity contribution in [3.05, 3.63) is 119 Å². The summed E-state index contributed by atoms with van der Waals surface area (Å²) in [6.07, 6.45) is 3.54. The van der Waals surface area contributed by atoms with Crippen LogP contribution in [0.4, 0.5) is 5.69 Å². The highest BCUT2D eigenvalue weighted by atomic mass is 16.4. The van der Waals surface area contributed by atoms with Gasteiger partial charge in [0.25, 0.3) is 5.91 Å². The molecular formula is C29H20N4O3. The van der Waals surface area contributed by atoms with Gasteiger partial charge in [-0.25, -0.2) is 9.48 Å². The van der Waals surface area contributed by atoms with Crippen LogP contribution in [0.25, 0.3) is 34.0 Å². The average Bonchev–Trinajstić information content (AvgIpc) is 3.46. The molecule has 3 aromatic carbocycles. The van der Waals surface area contributed by atoms with Crippen molar-refractivity contribution in [2.24, 2.45) is 5.10 Å². The molecule has 6 rings (SSSR count). The fourth-order valence-electron chi connectivity index (χ4n) is 4.23. The summed E-state index contributed by atoms with van der Waals surface area (Å²) in [6.45, 7) is 1.79. The van der Waals surface area contributed by atoms with E-state index in [0.717, 1.165) is 11.1 Å². The highest BCUT2D eigenvalue weighted by molar-refractivity contribution is 6.32. The van der Waals surface area contributed by atoms with Crippen molar-refractivity contribution in [1.82, 2.24) is 9.78 Å². The molecule has 1 aliphatic heterocycles. The molecule has 0 fully saturated rings. The molecule has 3 heterocycles. The molecule has 36 heavy (non-hydrogen) atoms. The fraction of sp³-hybridized carbons (Fsp3) is 0.0345. The lowest BCUT2D eigenvalue weighted by molar-refractivity contribution is -0.114. The predicted molar refractivity (Wildman–Crippen MR) is 140 cm³/mol. The second-order valence-corrected chi connectivity index (χ2v) is 8.39. The molecule has 0 unspecified atom stereocenters. The molecule has 0 aliphatic carbocycles. The highest BCUT2D eigenvalue weighted by Gasteiger charge is 2.29. The predicted octanol–water partition coefficient (Wildman–Crippen LogP) is 5.45. The van der Waals surface area contributed by atoms with Crippen LogP contribution in [0.3, 0.4) is 0 Å². The topological polar surface area (TPSA) is 80.7 Å². The summed E-state index contributed by atoms with van der Waals surface area (Å²) >= 11 is 0. The van der Waals surface area contributed by atoms with E-state index >= 15 is 0 Å². The van der Waals surface area contributed by atoms with Gasteiger partial charge in [0.05, 0.1) is 28.2 Å². The van der Waals surface area contributed by atoms with Gasteiger partial charge in [0.2, 0.25) is 0 Å². The third-order valence-corrected chi connectivity index (χ3v) is 6.02. The van der Waals surface area contributed by atoms with Crippen molar-refractivity contribution in [3.8, 4) is 16.9 Å².